The van der Waals surface area contributed by atoms with Crippen molar-refractivity contribution in [1.82, 2.24) is 10.2 Å². The number of halogens is 1. The van der Waals surface area contributed by atoms with E-state index < -0.39 is 0 Å². The lowest BCUT2D eigenvalue weighted by molar-refractivity contribution is 0.626. The molecule has 1 aromatic heterocycles. The molecule has 1 heterocycles. The fraction of sp³-hybridized carbons (Fsp3) is 0.286. The van der Waals surface area contributed by atoms with Crippen molar-refractivity contribution in [1.29, 1.82) is 0 Å². The zero-order chi connectivity index (χ0) is 13.7. The molecule has 0 aliphatic rings. The highest BCUT2D eigenvalue weighted by Gasteiger charge is 2.03. The van der Waals surface area contributed by atoms with Crippen molar-refractivity contribution in [3.63, 3.8) is 0 Å². The van der Waals surface area contributed by atoms with Gasteiger partial charge in [0, 0.05) is 16.6 Å². The molecule has 1 atom stereocenters. The molecule has 0 saturated carbocycles. The normalized spacial score (nSPS) is 12.2. The molecule has 0 spiro atoms. The van der Waals surface area contributed by atoms with Gasteiger partial charge in [-0.25, -0.2) is 0 Å². The number of nitrogens with zero attached hydrogens (tertiary/aromatic N) is 2. The maximum absolute atomic E-state index is 5.57. The van der Waals surface area contributed by atoms with Gasteiger partial charge in [0.25, 0.3) is 0 Å². The predicted molar refractivity (Wildman–Crippen MR) is 81.9 cm³/mol. The first-order valence-corrected chi connectivity index (χ1v) is 7.02. The van der Waals surface area contributed by atoms with Crippen molar-refractivity contribution in [3.05, 3.63) is 40.9 Å². The van der Waals surface area contributed by atoms with Crippen LogP contribution in [0.4, 0.5) is 5.82 Å². The van der Waals surface area contributed by atoms with E-state index in [9.17, 15) is 0 Å². The number of rotatable bonds is 5. The fourth-order valence-electron chi connectivity index (χ4n) is 1.59. The van der Waals surface area contributed by atoms with Crippen LogP contribution < -0.4 is 11.1 Å². The van der Waals surface area contributed by atoms with E-state index in [1.54, 1.807) is 0 Å². The second kappa shape index (κ2) is 6.63. The summed E-state index contributed by atoms with van der Waals surface area (Å²) in [5.74, 6) is 1.20. The molecule has 0 aliphatic heterocycles. The Bertz CT molecular complexity index is 527. The molecule has 5 heteroatoms. The van der Waals surface area contributed by atoms with E-state index in [2.05, 4.69) is 38.4 Å². The maximum Gasteiger partial charge on any atom is 0.148 e. The Hall–Kier alpha value is -1.46. The van der Waals surface area contributed by atoms with Crippen LogP contribution >= 0.6 is 15.9 Å². The summed E-state index contributed by atoms with van der Waals surface area (Å²) in [6.07, 6.45) is 0. The number of aromatic nitrogens is 2. The van der Waals surface area contributed by atoms with E-state index >= 15 is 0 Å². The number of hydrogen-bond acceptors (Lipinski definition) is 4. The minimum Gasteiger partial charge on any atom is -0.368 e. The molecule has 0 amide bonds. The van der Waals surface area contributed by atoms with Gasteiger partial charge in [-0.1, -0.05) is 35.0 Å². The summed E-state index contributed by atoms with van der Waals surface area (Å²) in [5.41, 5.74) is 7.48. The Morgan fingerprint density at radius 2 is 2.11 bits per heavy atom. The van der Waals surface area contributed by atoms with Gasteiger partial charge in [-0.05, 0) is 36.7 Å². The summed E-state index contributed by atoms with van der Waals surface area (Å²) < 4.78 is 1.03. The van der Waals surface area contributed by atoms with Crippen LogP contribution in [0.15, 0.2) is 40.9 Å². The van der Waals surface area contributed by atoms with Crippen LogP contribution in [0.5, 0.6) is 0 Å². The zero-order valence-corrected chi connectivity index (χ0v) is 12.4. The van der Waals surface area contributed by atoms with Crippen LogP contribution in [-0.4, -0.2) is 23.3 Å². The van der Waals surface area contributed by atoms with Crippen LogP contribution in [0.25, 0.3) is 11.3 Å². The summed E-state index contributed by atoms with van der Waals surface area (Å²) in [5, 5.41) is 11.6. The third-order valence-corrected chi connectivity index (χ3v) is 3.31. The second-order valence-corrected chi connectivity index (χ2v) is 5.45. The average Bonchev–Trinajstić information content (AvgIpc) is 2.45. The Balaban J connectivity index is 2.06. The van der Waals surface area contributed by atoms with Gasteiger partial charge in [0.05, 0.1) is 5.69 Å². The number of hydrogen-bond donors (Lipinski definition) is 2. The summed E-state index contributed by atoms with van der Waals surface area (Å²) >= 11 is 3.45. The lowest BCUT2D eigenvalue weighted by atomic mass is 10.1. The van der Waals surface area contributed by atoms with E-state index in [-0.39, 0.29) is 0 Å². The smallest absolute Gasteiger partial charge is 0.148 e. The number of anilines is 1. The van der Waals surface area contributed by atoms with Crippen LogP contribution in [0, 0.1) is 5.92 Å². The van der Waals surface area contributed by atoms with Gasteiger partial charge >= 0.3 is 0 Å². The molecule has 2 aromatic rings. The monoisotopic (exact) mass is 320 g/mol. The SMILES string of the molecule is CC(CN)CNc1ccc(-c2cccc(Br)c2)nn1. The topological polar surface area (TPSA) is 63.8 Å². The third-order valence-electron chi connectivity index (χ3n) is 2.82. The van der Waals surface area contributed by atoms with Gasteiger partial charge in [0.15, 0.2) is 0 Å². The quantitative estimate of drug-likeness (QED) is 0.889. The number of nitrogens with two attached hydrogens (primary N) is 1. The number of benzene rings is 1. The highest BCUT2D eigenvalue weighted by molar-refractivity contribution is 9.10. The van der Waals surface area contributed by atoms with Crippen molar-refractivity contribution in [2.24, 2.45) is 11.7 Å². The summed E-state index contributed by atoms with van der Waals surface area (Å²) in [7, 11) is 0. The van der Waals surface area contributed by atoms with Gasteiger partial charge in [-0.15, -0.1) is 10.2 Å². The van der Waals surface area contributed by atoms with Crippen molar-refractivity contribution in [2.45, 2.75) is 6.92 Å². The molecule has 0 aliphatic carbocycles. The van der Waals surface area contributed by atoms with Gasteiger partial charge in [0.1, 0.15) is 5.82 Å². The molecular weight excluding hydrogens is 304 g/mol. The van der Waals surface area contributed by atoms with Gasteiger partial charge in [-0.2, -0.15) is 0 Å². The van der Waals surface area contributed by atoms with Crippen molar-refractivity contribution < 1.29 is 0 Å². The Kier molecular flexibility index (Phi) is 4.87. The summed E-state index contributed by atoms with van der Waals surface area (Å²) in [6, 6.07) is 11.9. The molecule has 0 saturated heterocycles. The minimum absolute atomic E-state index is 0.423. The highest BCUT2D eigenvalue weighted by atomic mass is 79.9. The fourth-order valence-corrected chi connectivity index (χ4v) is 1.99. The minimum atomic E-state index is 0.423. The van der Waals surface area contributed by atoms with Gasteiger partial charge < -0.3 is 11.1 Å². The molecule has 0 fully saturated rings. The molecule has 1 aromatic carbocycles. The summed E-state index contributed by atoms with van der Waals surface area (Å²) in [4.78, 5) is 0. The lowest BCUT2D eigenvalue weighted by Crippen LogP contribution is -2.20. The van der Waals surface area contributed by atoms with E-state index in [0.717, 1.165) is 28.1 Å². The molecule has 4 nitrogen and oxygen atoms in total. The van der Waals surface area contributed by atoms with Crippen molar-refractivity contribution >= 4 is 21.7 Å². The highest BCUT2D eigenvalue weighted by Crippen LogP contribution is 2.21. The zero-order valence-electron chi connectivity index (χ0n) is 10.8. The third kappa shape index (κ3) is 4.01. The van der Waals surface area contributed by atoms with E-state index in [1.165, 1.54) is 0 Å². The first-order chi connectivity index (χ1) is 9.19. The lowest BCUT2D eigenvalue weighted by Gasteiger charge is -2.10. The molecule has 2 rings (SSSR count). The van der Waals surface area contributed by atoms with Crippen LogP contribution in [0.3, 0.4) is 0 Å². The van der Waals surface area contributed by atoms with Crippen molar-refractivity contribution in [3.8, 4) is 11.3 Å². The van der Waals surface area contributed by atoms with Crippen LogP contribution in [0.1, 0.15) is 6.92 Å². The first kappa shape index (κ1) is 14.0. The molecule has 100 valence electrons. The molecule has 19 heavy (non-hydrogen) atoms. The number of nitrogens with one attached hydrogen (secondary N) is 1. The molecule has 0 radical (unpaired) electrons. The largest absolute Gasteiger partial charge is 0.368 e. The Morgan fingerprint density at radius 1 is 1.26 bits per heavy atom. The van der Waals surface area contributed by atoms with E-state index in [1.807, 2.05) is 36.4 Å². The van der Waals surface area contributed by atoms with Crippen LogP contribution in [0.2, 0.25) is 0 Å². The average molecular weight is 321 g/mol. The summed E-state index contributed by atoms with van der Waals surface area (Å²) in [6.45, 7) is 3.56. The molecule has 0 bridgehead atoms. The molecular formula is C14H17BrN4. The van der Waals surface area contributed by atoms with Crippen molar-refractivity contribution in [2.75, 3.05) is 18.4 Å². The maximum atomic E-state index is 5.57. The second-order valence-electron chi connectivity index (χ2n) is 4.54. The van der Waals surface area contributed by atoms with E-state index in [0.29, 0.717) is 12.5 Å². The van der Waals surface area contributed by atoms with Gasteiger partial charge in [-0.3, -0.25) is 0 Å². The Morgan fingerprint density at radius 3 is 2.74 bits per heavy atom. The standard InChI is InChI=1S/C14H17BrN4/c1-10(8-16)9-17-14-6-5-13(18-19-14)11-3-2-4-12(15)7-11/h2-7,10H,8-9,16H2,1H3,(H,17,19). The van der Waals surface area contributed by atoms with Gasteiger partial charge in [0.2, 0.25) is 0 Å². The Labute approximate surface area is 121 Å². The predicted octanol–water partition coefficient (Wildman–Crippen LogP) is 2.91. The molecule has 3 N–H and O–H groups in total. The van der Waals surface area contributed by atoms with E-state index in [4.69, 9.17) is 5.73 Å². The van der Waals surface area contributed by atoms with Crippen LogP contribution in [-0.2, 0) is 0 Å². The first-order valence-electron chi connectivity index (χ1n) is 6.22. The molecule has 1 unspecified atom stereocenters.